The normalized spacial score (nSPS) is 11.7. The van der Waals surface area contributed by atoms with Crippen LogP contribution >= 0.6 is 11.8 Å². The molecule has 9 nitrogen and oxygen atoms in total. The van der Waals surface area contributed by atoms with Gasteiger partial charge in [-0.15, -0.1) is 11.8 Å². The summed E-state index contributed by atoms with van der Waals surface area (Å²) in [5.74, 6) is -1.29. The molecule has 5 rings (SSSR count). The Morgan fingerprint density at radius 3 is 2.06 bits per heavy atom. The SMILES string of the molecule is Cc1ccc(NC(=O)C(Sc2cccc(NC(=O)/C(=C\c3ccc([N+](=O)[O-])cc3)NC(=O)c3ccccc3)c2)c2ccccc2)cc1C. The van der Waals surface area contributed by atoms with E-state index in [1.54, 1.807) is 48.5 Å². The number of carbonyl (C=O) groups excluding carboxylic acids is 3. The molecule has 240 valence electrons. The van der Waals surface area contributed by atoms with Crippen LogP contribution in [0.25, 0.3) is 6.08 Å². The second-order valence-electron chi connectivity index (χ2n) is 10.9. The first kappa shape index (κ1) is 33.4. The third-order valence-electron chi connectivity index (χ3n) is 7.40. The molecule has 0 saturated heterocycles. The van der Waals surface area contributed by atoms with Gasteiger partial charge in [-0.2, -0.15) is 0 Å². The maximum Gasteiger partial charge on any atom is 0.272 e. The highest BCUT2D eigenvalue weighted by atomic mass is 32.2. The van der Waals surface area contributed by atoms with Gasteiger partial charge in [0.05, 0.1) is 4.92 Å². The molecule has 1 unspecified atom stereocenters. The smallest absolute Gasteiger partial charge is 0.272 e. The lowest BCUT2D eigenvalue weighted by Gasteiger charge is -2.18. The van der Waals surface area contributed by atoms with Crippen molar-refractivity contribution in [3.63, 3.8) is 0 Å². The van der Waals surface area contributed by atoms with E-state index < -0.39 is 22.0 Å². The maximum absolute atomic E-state index is 13.6. The molecule has 0 fully saturated rings. The zero-order valence-corrected chi connectivity index (χ0v) is 27.0. The first-order chi connectivity index (χ1) is 23.2. The van der Waals surface area contributed by atoms with Crippen LogP contribution in [0.5, 0.6) is 0 Å². The van der Waals surface area contributed by atoms with Gasteiger partial charge in [0.25, 0.3) is 17.5 Å². The Morgan fingerprint density at radius 2 is 1.40 bits per heavy atom. The fourth-order valence-corrected chi connectivity index (χ4v) is 5.79. The van der Waals surface area contributed by atoms with Gasteiger partial charge in [-0.3, -0.25) is 24.5 Å². The third kappa shape index (κ3) is 8.83. The summed E-state index contributed by atoms with van der Waals surface area (Å²) in [6, 6.07) is 36.4. The van der Waals surface area contributed by atoms with Gasteiger partial charge in [-0.25, -0.2) is 0 Å². The fourth-order valence-electron chi connectivity index (χ4n) is 4.71. The summed E-state index contributed by atoms with van der Waals surface area (Å²) in [5, 5.41) is 19.1. The highest BCUT2D eigenvalue weighted by molar-refractivity contribution is 8.00. The highest BCUT2D eigenvalue weighted by Crippen LogP contribution is 2.37. The van der Waals surface area contributed by atoms with Gasteiger partial charge in [0.15, 0.2) is 0 Å². The Kier molecular flexibility index (Phi) is 10.8. The summed E-state index contributed by atoms with van der Waals surface area (Å²) in [4.78, 5) is 51.6. The van der Waals surface area contributed by atoms with Crippen molar-refractivity contribution in [3.05, 3.63) is 171 Å². The maximum atomic E-state index is 13.6. The van der Waals surface area contributed by atoms with E-state index in [9.17, 15) is 24.5 Å². The van der Waals surface area contributed by atoms with Crippen molar-refractivity contribution in [1.82, 2.24) is 5.32 Å². The molecule has 0 aliphatic carbocycles. The number of non-ortho nitro benzene ring substituents is 1. The molecule has 3 N–H and O–H groups in total. The van der Waals surface area contributed by atoms with Gasteiger partial charge in [0, 0.05) is 34.0 Å². The summed E-state index contributed by atoms with van der Waals surface area (Å²) >= 11 is 1.34. The fraction of sp³-hybridized carbons (Fsp3) is 0.0789. The second-order valence-corrected chi connectivity index (χ2v) is 12.1. The van der Waals surface area contributed by atoms with Crippen molar-refractivity contribution < 1.29 is 19.3 Å². The molecule has 5 aromatic rings. The predicted octanol–water partition coefficient (Wildman–Crippen LogP) is 8.09. The average molecular weight is 657 g/mol. The molecule has 0 aliphatic rings. The molecule has 0 aliphatic heterocycles. The van der Waals surface area contributed by atoms with Gasteiger partial charge in [0.2, 0.25) is 5.91 Å². The molecular weight excluding hydrogens is 625 g/mol. The number of rotatable bonds is 11. The lowest BCUT2D eigenvalue weighted by molar-refractivity contribution is -0.384. The van der Waals surface area contributed by atoms with E-state index >= 15 is 0 Å². The number of nitrogens with one attached hydrogen (secondary N) is 3. The Labute approximate surface area is 282 Å². The van der Waals surface area contributed by atoms with Crippen molar-refractivity contribution in [2.24, 2.45) is 0 Å². The number of thioether (sulfide) groups is 1. The van der Waals surface area contributed by atoms with Crippen LogP contribution in [0.2, 0.25) is 0 Å². The largest absolute Gasteiger partial charge is 0.325 e. The first-order valence-corrected chi connectivity index (χ1v) is 15.9. The molecule has 0 heterocycles. The predicted molar refractivity (Wildman–Crippen MR) is 190 cm³/mol. The minimum absolute atomic E-state index is 0.0642. The summed E-state index contributed by atoms with van der Waals surface area (Å²) < 4.78 is 0. The molecule has 0 spiro atoms. The number of nitro groups is 1. The second kappa shape index (κ2) is 15.5. The van der Waals surface area contributed by atoms with Crippen molar-refractivity contribution >= 4 is 52.6 Å². The van der Waals surface area contributed by atoms with Crippen LogP contribution in [0.3, 0.4) is 0 Å². The Morgan fingerprint density at radius 1 is 0.729 bits per heavy atom. The van der Waals surface area contributed by atoms with Crippen molar-refractivity contribution in [1.29, 1.82) is 0 Å². The molecule has 1 atom stereocenters. The molecule has 0 saturated carbocycles. The number of amides is 3. The van der Waals surface area contributed by atoms with Gasteiger partial charge < -0.3 is 16.0 Å². The minimum atomic E-state index is -0.605. The van der Waals surface area contributed by atoms with E-state index in [0.717, 1.165) is 21.6 Å². The number of aryl methyl sites for hydroxylation is 2. The van der Waals surface area contributed by atoms with Gasteiger partial charge in [-0.1, -0.05) is 60.7 Å². The molecule has 0 radical (unpaired) electrons. The summed E-state index contributed by atoms with van der Waals surface area (Å²) in [6.07, 6.45) is 1.45. The van der Waals surface area contributed by atoms with Crippen molar-refractivity contribution in [3.8, 4) is 0 Å². The van der Waals surface area contributed by atoms with Gasteiger partial charge in [0.1, 0.15) is 10.9 Å². The molecule has 0 aromatic heterocycles. The van der Waals surface area contributed by atoms with E-state index in [0.29, 0.717) is 22.5 Å². The summed E-state index contributed by atoms with van der Waals surface area (Å²) in [6.45, 7) is 4.01. The zero-order valence-electron chi connectivity index (χ0n) is 26.2. The molecular formula is C38H32N4O5S. The van der Waals surface area contributed by atoms with E-state index in [1.165, 1.54) is 42.1 Å². The molecule has 10 heteroatoms. The molecule has 48 heavy (non-hydrogen) atoms. The third-order valence-corrected chi connectivity index (χ3v) is 8.65. The lowest BCUT2D eigenvalue weighted by Crippen LogP contribution is -2.30. The summed E-state index contributed by atoms with van der Waals surface area (Å²) in [7, 11) is 0. The number of anilines is 2. The van der Waals surface area contributed by atoms with Crippen LogP contribution in [0.15, 0.2) is 138 Å². The minimum Gasteiger partial charge on any atom is -0.325 e. The topological polar surface area (TPSA) is 130 Å². The van der Waals surface area contributed by atoms with E-state index in [1.807, 2.05) is 68.4 Å². The number of carbonyl (C=O) groups is 3. The number of nitrogens with zero attached hydrogens (tertiary/aromatic N) is 1. The van der Waals surface area contributed by atoms with E-state index in [2.05, 4.69) is 16.0 Å². The van der Waals surface area contributed by atoms with Crippen LogP contribution in [0.4, 0.5) is 17.1 Å². The number of benzene rings is 5. The number of hydrogen-bond acceptors (Lipinski definition) is 6. The first-order valence-electron chi connectivity index (χ1n) is 15.0. The molecule has 5 aromatic carbocycles. The quantitative estimate of drug-likeness (QED) is 0.0570. The number of nitro benzene ring substituents is 1. The zero-order chi connectivity index (χ0) is 34.0. The van der Waals surface area contributed by atoms with Crippen LogP contribution in [0, 0.1) is 24.0 Å². The van der Waals surface area contributed by atoms with Crippen molar-refractivity contribution in [2.45, 2.75) is 24.0 Å². The molecule has 3 amide bonds. The van der Waals surface area contributed by atoms with Gasteiger partial charge in [-0.05, 0) is 96.8 Å². The molecule has 0 bridgehead atoms. The lowest BCUT2D eigenvalue weighted by atomic mass is 10.1. The van der Waals surface area contributed by atoms with Crippen LogP contribution in [-0.2, 0) is 9.59 Å². The Hall–Kier alpha value is -6.00. The highest BCUT2D eigenvalue weighted by Gasteiger charge is 2.23. The monoisotopic (exact) mass is 656 g/mol. The average Bonchev–Trinajstić information content (AvgIpc) is 3.09. The van der Waals surface area contributed by atoms with Crippen LogP contribution < -0.4 is 16.0 Å². The Bertz CT molecular complexity index is 1980. The van der Waals surface area contributed by atoms with E-state index in [-0.39, 0.29) is 17.3 Å². The van der Waals surface area contributed by atoms with E-state index in [4.69, 9.17) is 0 Å². The Balaban J connectivity index is 1.38. The van der Waals surface area contributed by atoms with Crippen molar-refractivity contribution in [2.75, 3.05) is 10.6 Å². The summed E-state index contributed by atoms with van der Waals surface area (Å²) in [5.41, 5.74) is 4.82. The van der Waals surface area contributed by atoms with Gasteiger partial charge >= 0.3 is 0 Å². The van der Waals surface area contributed by atoms with Crippen LogP contribution in [0.1, 0.15) is 37.9 Å². The standard InChI is InChI=1S/C38H32N4O5S/c1-25-16-19-31(22-26(25)2)40-38(45)35(28-10-5-3-6-11-28)48-33-15-9-14-30(24-33)39-37(44)34(41-36(43)29-12-7-4-8-13-29)23-27-17-20-32(21-18-27)42(46)47/h3-24,35H,1-2H3,(H,39,44)(H,40,45)(H,41,43)/b34-23+. The number of hydrogen-bond donors (Lipinski definition) is 3. The van der Waals surface area contributed by atoms with Crippen LogP contribution in [-0.4, -0.2) is 22.6 Å².